The van der Waals surface area contributed by atoms with E-state index >= 15 is 0 Å². The van der Waals surface area contributed by atoms with Gasteiger partial charge in [0, 0.05) is 18.9 Å². The maximum atomic E-state index is 11.7. The molecule has 1 rings (SSSR count). The van der Waals surface area contributed by atoms with Crippen LogP contribution in [0, 0.1) is 0 Å². The number of sulfonamides is 1. The van der Waals surface area contributed by atoms with Gasteiger partial charge in [-0.3, -0.25) is 4.98 Å². The van der Waals surface area contributed by atoms with E-state index in [1.807, 2.05) is 0 Å². The molecule has 1 unspecified atom stereocenters. The topological polar surface area (TPSA) is 79.3 Å². The molecule has 16 heavy (non-hydrogen) atoms. The fraction of sp³-hybridized carbons (Fsp3) is 0.444. The first-order valence-electron chi connectivity index (χ1n) is 4.70. The molecule has 0 aliphatic carbocycles. The van der Waals surface area contributed by atoms with Crippen LogP contribution in [-0.2, 0) is 10.0 Å². The van der Waals surface area contributed by atoms with Crippen LogP contribution >= 0.6 is 11.6 Å². The normalized spacial score (nSPS) is 13.7. The monoisotopic (exact) mass is 264 g/mol. The molecule has 0 spiro atoms. The Hall–Kier alpha value is -0.690. The summed E-state index contributed by atoms with van der Waals surface area (Å²) in [6.45, 7) is 1.75. The molecule has 0 fully saturated rings. The van der Waals surface area contributed by atoms with E-state index in [-0.39, 0.29) is 16.5 Å². The SMILES string of the molecule is CC(O)CCNS(=O)(=O)c1cnccc1Cl. The van der Waals surface area contributed by atoms with Gasteiger partial charge in [-0.15, -0.1) is 0 Å². The van der Waals surface area contributed by atoms with E-state index in [9.17, 15) is 8.42 Å². The van der Waals surface area contributed by atoms with Crippen LogP contribution in [0.25, 0.3) is 0 Å². The zero-order chi connectivity index (χ0) is 12.2. The van der Waals surface area contributed by atoms with Gasteiger partial charge in [0.25, 0.3) is 0 Å². The van der Waals surface area contributed by atoms with Crippen molar-refractivity contribution < 1.29 is 13.5 Å². The van der Waals surface area contributed by atoms with Gasteiger partial charge in [0.1, 0.15) is 4.90 Å². The van der Waals surface area contributed by atoms with Crippen molar-refractivity contribution >= 4 is 21.6 Å². The predicted molar refractivity (Wildman–Crippen MR) is 60.7 cm³/mol. The minimum absolute atomic E-state index is 0.0535. The third kappa shape index (κ3) is 3.71. The highest BCUT2D eigenvalue weighted by atomic mass is 35.5. The third-order valence-electron chi connectivity index (χ3n) is 1.88. The third-order valence-corrected chi connectivity index (χ3v) is 3.81. The van der Waals surface area contributed by atoms with Crippen molar-refractivity contribution in [3.05, 3.63) is 23.5 Å². The highest BCUT2D eigenvalue weighted by Gasteiger charge is 2.17. The van der Waals surface area contributed by atoms with Gasteiger partial charge in [0.2, 0.25) is 10.0 Å². The number of nitrogens with one attached hydrogen (secondary N) is 1. The summed E-state index contributed by atoms with van der Waals surface area (Å²) >= 11 is 5.74. The van der Waals surface area contributed by atoms with Gasteiger partial charge >= 0.3 is 0 Å². The molecule has 0 amide bonds. The molecule has 0 bridgehead atoms. The molecule has 5 nitrogen and oxygen atoms in total. The summed E-state index contributed by atoms with van der Waals surface area (Å²) in [6, 6.07) is 1.41. The molecule has 1 atom stereocenters. The zero-order valence-electron chi connectivity index (χ0n) is 8.72. The first-order chi connectivity index (χ1) is 7.43. The van der Waals surface area contributed by atoms with Crippen LogP contribution in [0.4, 0.5) is 0 Å². The second-order valence-electron chi connectivity index (χ2n) is 3.34. The molecule has 90 valence electrons. The number of hydrogen-bond acceptors (Lipinski definition) is 4. The van der Waals surface area contributed by atoms with Gasteiger partial charge < -0.3 is 5.11 Å². The van der Waals surface area contributed by atoms with E-state index in [2.05, 4.69) is 9.71 Å². The Kier molecular flexibility index (Phi) is 4.67. The van der Waals surface area contributed by atoms with Crippen molar-refractivity contribution in [2.75, 3.05) is 6.54 Å². The Morgan fingerprint density at radius 1 is 1.62 bits per heavy atom. The smallest absolute Gasteiger partial charge is 0.243 e. The number of pyridine rings is 1. The minimum Gasteiger partial charge on any atom is -0.393 e. The van der Waals surface area contributed by atoms with Crippen molar-refractivity contribution in [3.8, 4) is 0 Å². The second-order valence-corrected chi connectivity index (χ2v) is 5.48. The Labute approximate surface area is 99.5 Å². The molecule has 2 N–H and O–H groups in total. The molecule has 0 aromatic carbocycles. The van der Waals surface area contributed by atoms with Crippen molar-refractivity contribution in [2.24, 2.45) is 0 Å². The first kappa shape index (κ1) is 13.4. The van der Waals surface area contributed by atoms with Gasteiger partial charge in [-0.2, -0.15) is 0 Å². The van der Waals surface area contributed by atoms with Gasteiger partial charge in [-0.1, -0.05) is 11.6 Å². The minimum atomic E-state index is -3.64. The van der Waals surface area contributed by atoms with Crippen LogP contribution < -0.4 is 4.72 Å². The fourth-order valence-corrected chi connectivity index (χ4v) is 2.52. The lowest BCUT2D eigenvalue weighted by Gasteiger charge is -2.08. The van der Waals surface area contributed by atoms with Crippen LogP contribution in [0.2, 0.25) is 5.02 Å². The maximum Gasteiger partial charge on any atom is 0.243 e. The second kappa shape index (κ2) is 5.58. The van der Waals surface area contributed by atoms with Gasteiger partial charge in [-0.25, -0.2) is 13.1 Å². The molecule has 0 aliphatic rings. The van der Waals surface area contributed by atoms with E-state index in [0.717, 1.165) is 0 Å². The lowest BCUT2D eigenvalue weighted by Crippen LogP contribution is -2.27. The number of nitrogens with zero attached hydrogens (tertiary/aromatic N) is 1. The average Bonchev–Trinajstić information content (AvgIpc) is 2.17. The first-order valence-corrected chi connectivity index (χ1v) is 6.57. The molecule has 1 aromatic rings. The standard InChI is InChI=1S/C9H13ClN2O3S/c1-7(13)2-5-12-16(14,15)9-6-11-4-3-8(9)10/h3-4,6-7,12-13H,2,5H2,1H3. The van der Waals surface area contributed by atoms with Crippen LogP contribution in [0.5, 0.6) is 0 Å². The summed E-state index contributed by atoms with van der Waals surface area (Å²) in [5.41, 5.74) is 0. The molecular weight excluding hydrogens is 252 g/mol. The molecule has 1 heterocycles. The van der Waals surface area contributed by atoms with E-state index in [4.69, 9.17) is 16.7 Å². The highest BCUT2D eigenvalue weighted by Crippen LogP contribution is 2.18. The summed E-state index contributed by atoms with van der Waals surface area (Å²) in [5.74, 6) is 0. The van der Waals surface area contributed by atoms with Gasteiger partial charge in [-0.05, 0) is 19.4 Å². The van der Waals surface area contributed by atoms with Crippen molar-refractivity contribution in [1.82, 2.24) is 9.71 Å². The number of hydrogen-bond donors (Lipinski definition) is 2. The average molecular weight is 265 g/mol. The molecular formula is C9H13ClN2O3S. The summed E-state index contributed by atoms with van der Waals surface area (Å²) in [5, 5.41) is 9.13. The van der Waals surface area contributed by atoms with Crippen molar-refractivity contribution in [3.63, 3.8) is 0 Å². The number of rotatable bonds is 5. The van der Waals surface area contributed by atoms with Crippen molar-refractivity contribution in [1.29, 1.82) is 0 Å². The fourth-order valence-electron chi connectivity index (χ4n) is 1.04. The van der Waals surface area contributed by atoms with Crippen LogP contribution in [0.3, 0.4) is 0 Å². The molecule has 7 heteroatoms. The largest absolute Gasteiger partial charge is 0.393 e. The highest BCUT2D eigenvalue weighted by molar-refractivity contribution is 7.89. The summed E-state index contributed by atoms with van der Waals surface area (Å²) in [6.07, 6.45) is 2.40. The summed E-state index contributed by atoms with van der Waals surface area (Å²) in [4.78, 5) is 3.65. The van der Waals surface area contributed by atoms with Crippen molar-refractivity contribution in [2.45, 2.75) is 24.3 Å². The molecule has 0 saturated heterocycles. The molecule has 1 aromatic heterocycles. The quantitative estimate of drug-likeness (QED) is 0.824. The maximum absolute atomic E-state index is 11.7. The molecule has 0 radical (unpaired) electrons. The Balaban J connectivity index is 2.75. The molecule has 0 saturated carbocycles. The van der Waals surface area contributed by atoms with Crippen LogP contribution in [0.1, 0.15) is 13.3 Å². The molecule has 0 aliphatic heterocycles. The predicted octanol–water partition coefficient (Wildman–Crippen LogP) is 0.784. The van der Waals surface area contributed by atoms with E-state index < -0.39 is 16.1 Å². The lowest BCUT2D eigenvalue weighted by molar-refractivity contribution is 0.186. The van der Waals surface area contributed by atoms with E-state index in [1.54, 1.807) is 6.92 Å². The van der Waals surface area contributed by atoms with Gasteiger partial charge in [0.05, 0.1) is 11.1 Å². The number of aromatic nitrogens is 1. The summed E-state index contributed by atoms with van der Waals surface area (Å²) < 4.78 is 25.8. The Morgan fingerprint density at radius 2 is 2.31 bits per heavy atom. The number of aliphatic hydroxyl groups is 1. The van der Waals surface area contributed by atoms with Gasteiger partial charge in [0.15, 0.2) is 0 Å². The van der Waals surface area contributed by atoms with E-state index in [0.29, 0.717) is 6.42 Å². The Bertz CT molecular complexity index is 448. The van der Waals surface area contributed by atoms with Crippen LogP contribution in [0.15, 0.2) is 23.4 Å². The van der Waals surface area contributed by atoms with Crippen LogP contribution in [-0.4, -0.2) is 31.2 Å². The summed E-state index contributed by atoms with van der Waals surface area (Å²) in [7, 11) is -3.64. The number of halogens is 1. The number of aliphatic hydroxyl groups excluding tert-OH is 1. The van der Waals surface area contributed by atoms with E-state index in [1.165, 1.54) is 18.5 Å². The lowest BCUT2D eigenvalue weighted by atomic mass is 10.3. The Morgan fingerprint density at radius 3 is 2.88 bits per heavy atom. The zero-order valence-corrected chi connectivity index (χ0v) is 10.3.